The summed E-state index contributed by atoms with van der Waals surface area (Å²) < 4.78 is 0. The largest absolute Gasteiger partial charge is 0.762 e. The van der Waals surface area contributed by atoms with Crippen molar-refractivity contribution in [2.24, 2.45) is 0 Å². The molecule has 3 aromatic rings. The summed E-state index contributed by atoms with van der Waals surface area (Å²) in [6, 6.07) is 30.3. The molecule has 0 aliphatic heterocycles. The lowest BCUT2D eigenvalue weighted by molar-refractivity contribution is 1.32. The molecule has 0 N–H and O–H groups in total. The first kappa shape index (κ1) is 22.8. The van der Waals surface area contributed by atoms with Gasteiger partial charge in [0.25, 0.3) is 0 Å². The van der Waals surface area contributed by atoms with Crippen LogP contribution >= 0.6 is 0 Å². The summed E-state index contributed by atoms with van der Waals surface area (Å²) in [6.07, 6.45) is 0. The van der Waals surface area contributed by atoms with E-state index in [2.05, 4.69) is 0 Å². The van der Waals surface area contributed by atoms with Crippen LogP contribution < -0.4 is 10.4 Å². The van der Waals surface area contributed by atoms with Crippen LogP contribution in [0.2, 0.25) is 0 Å². The normalized spacial score (nSPS) is 9.03. The third-order valence-electron chi connectivity index (χ3n) is 5.06. The molecule has 0 heterocycles. The van der Waals surface area contributed by atoms with Crippen LogP contribution in [0.5, 0.6) is 0 Å². The van der Waals surface area contributed by atoms with E-state index in [0.717, 1.165) is 21.9 Å². The molecule has 3 aromatic carbocycles. The average Bonchev–Trinajstić information content (AvgIpc) is 2.89. The van der Waals surface area contributed by atoms with E-state index in [1.165, 1.54) is 0 Å². The first-order valence-corrected chi connectivity index (χ1v) is 9.81. The van der Waals surface area contributed by atoms with E-state index >= 15 is 0 Å². The predicted molar refractivity (Wildman–Crippen MR) is 126 cm³/mol. The van der Waals surface area contributed by atoms with Gasteiger partial charge in [0.1, 0.15) is 23.8 Å². The monoisotopic (exact) mass is 432 g/mol. The molecule has 0 aromatic heterocycles. The average molecular weight is 432 g/mol. The summed E-state index contributed by atoms with van der Waals surface area (Å²) >= 11 is 0. The van der Waals surface area contributed by atoms with Crippen LogP contribution in [0.4, 0.5) is 0 Å². The minimum atomic E-state index is 0.00829. The Balaban J connectivity index is 2.26. The SMILES string of the molecule is N#CC(=C=[N-])c1ccc(C(c2ccc([C+](C#N)C#N)cc2)=c2ccc(=C(C#N)C#N)cc2)cc1. The zero-order chi connectivity index (χ0) is 24.5. The Kier molecular flexibility index (Phi) is 7.03. The molecule has 6 nitrogen and oxygen atoms in total. The lowest BCUT2D eigenvalue weighted by Gasteiger charge is -2.09. The van der Waals surface area contributed by atoms with Gasteiger partial charge in [-0.05, 0) is 21.9 Å². The Bertz CT molecular complexity index is 1580. The fourth-order valence-electron chi connectivity index (χ4n) is 3.37. The molecule has 154 valence electrons. The van der Waals surface area contributed by atoms with Crippen LogP contribution in [-0.2, 0) is 0 Å². The Labute approximate surface area is 196 Å². The number of benzene rings is 3. The first-order valence-electron chi connectivity index (χ1n) is 9.81. The van der Waals surface area contributed by atoms with Crippen LogP contribution in [0.15, 0.2) is 72.8 Å². The number of nitriles is 5. The summed E-state index contributed by atoms with van der Waals surface area (Å²) in [4.78, 5) is 0. The molecule has 0 atom stereocenters. The number of hydrogen-bond donors (Lipinski definition) is 0. The van der Waals surface area contributed by atoms with Crippen molar-refractivity contribution in [1.29, 1.82) is 26.3 Å². The lowest BCUT2D eigenvalue weighted by atomic mass is 9.92. The molecule has 34 heavy (non-hydrogen) atoms. The molecule has 0 fully saturated rings. The van der Waals surface area contributed by atoms with Gasteiger partial charge in [0, 0.05) is 35.0 Å². The highest BCUT2D eigenvalue weighted by Crippen LogP contribution is 2.24. The summed E-state index contributed by atoms with van der Waals surface area (Å²) in [5.41, 5.74) is 3.43. The highest BCUT2D eigenvalue weighted by molar-refractivity contribution is 5.98. The van der Waals surface area contributed by atoms with E-state index in [1.807, 2.05) is 36.2 Å². The van der Waals surface area contributed by atoms with Crippen LogP contribution in [0.3, 0.4) is 0 Å². The van der Waals surface area contributed by atoms with Crippen molar-refractivity contribution in [1.82, 2.24) is 0 Å². The van der Waals surface area contributed by atoms with E-state index in [4.69, 9.17) is 31.7 Å². The molecular formula is C28H12N6. The maximum Gasteiger partial charge on any atom is 0.242 e. The van der Waals surface area contributed by atoms with E-state index in [0.29, 0.717) is 16.3 Å². The Hall–Kier alpha value is -5.83. The van der Waals surface area contributed by atoms with Crippen molar-refractivity contribution in [3.63, 3.8) is 0 Å². The van der Waals surface area contributed by atoms with Crippen LogP contribution in [0.1, 0.15) is 22.3 Å². The van der Waals surface area contributed by atoms with Gasteiger partial charge in [0.2, 0.25) is 5.92 Å². The van der Waals surface area contributed by atoms with E-state index < -0.39 is 0 Å². The molecule has 0 saturated carbocycles. The number of rotatable bonds is 4. The highest BCUT2D eigenvalue weighted by atomic mass is 14.3. The molecule has 0 bridgehead atoms. The second kappa shape index (κ2) is 10.5. The third kappa shape index (κ3) is 4.58. The molecule has 6 heteroatoms. The van der Waals surface area contributed by atoms with Gasteiger partial charge in [-0.25, -0.2) is 5.87 Å². The van der Waals surface area contributed by atoms with Crippen molar-refractivity contribution in [3.05, 3.63) is 117 Å². The van der Waals surface area contributed by atoms with E-state index in [-0.39, 0.29) is 17.1 Å². The lowest BCUT2D eigenvalue weighted by Crippen LogP contribution is -2.13. The zero-order valence-electron chi connectivity index (χ0n) is 17.6. The number of nitrogens with zero attached hydrogens (tertiary/aromatic N) is 6. The Morgan fingerprint density at radius 1 is 0.588 bits per heavy atom. The maximum absolute atomic E-state index is 9.13. The minimum Gasteiger partial charge on any atom is -0.762 e. The maximum atomic E-state index is 9.13. The van der Waals surface area contributed by atoms with Crippen LogP contribution in [0.25, 0.3) is 22.1 Å². The fourth-order valence-corrected chi connectivity index (χ4v) is 3.37. The molecule has 0 saturated heterocycles. The van der Waals surface area contributed by atoms with E-state index in [1.54, 1.807) is 72.8 Å². The van der Waals surface area contributed by atoms with Gasteiger partial charge in [-0.15, -0.1) is 0 Å². The third-order valence-corrected chi connectivity index (χ3v) is 5.06. The molecule has 0 amide bonds. The molecule has 0 unspecified atom stereocenters. The topological polar surface area (TPSA) is 141 Å². The van der Waals surface area contributed by atoms with Crippen LogP contribution in [-0.4, -0.2) is 5.87 Å². The zero-order valence-corrected chi connectivity index (χ0v) is 17.6. The molecular weight excluding hydrogens is 420 g/mol. The van der Waals surface area contributed by atoms with Gasteiger partial charge >= 0.3 is 0 Å². The smallest absolute Gasteiger partial charge is 0.242 e. The van der Waals surface area contributed by atoms with Crippen molar-refractivity contribution in [3.8, 4) is 30.3 Å². The van der Waals surface area contributed by atoms with Gasteiger partial charge in [0.15, 0.2) is 17.7 Å². The fraction of sp³-hybridized carbons (Fsp3) is 0. The molecule has 0 aliphatic rings. The van der Waals surface area contributed by atoms with Gasteiger partial charge in [-0.1, -0.05) is 48.5 Å². The summed E-state index contributed by atoms with van der Waals surface area (Å²) in [7, 11) is 0. The van der Waals surface area contributed by atoms with Gasteiger partial charge in [0.05, 0.1) is 5.57 Å². The molecule has 0 aliphatic carbocycles. The number of allylic oxidation sites excluding steroid dienone is 1. The standard InChI is InChI=1S/C28H12N6/c29-13-25(14-30)19-1-7-22(8-2-19)28(23-9-3-20(4-10-23)26(15-31)16-32)24-11-5-21(6-12-24)27(17-33)18-34/h1-12H. The molecule has 3 rings (SSSR count). The van der Waals surface area contributed by atoms with Crippen molar-refractivity contribution in [2.45, 2.75) is 0 Å². The highest BCUT2D eigenvalue weighted by Gasteiger charge is 2.19. The van der Waals surface area contributed by atoms with Crippen molar-refractivity contribution < 1.29 is 0 Å². The Morgan fingerprint density at radius 2 is 1.06 bits per heavy atom. The second-order valence-corrected chi connectivity index (χ2v) is 6.90. The van der Waals surface area contributed by atoms with Gasteiger partial charge < -0.3 is 5.41 Å². The predicted octanol–water partition coefficient (Wildman–Crippen LogP) is 3.25. The van der Waals surface area contributed by atoms with Gasteiger partial charge in [-0.3, -0.25) is 0 Å². The molecule has 0 radical (unpaired) electrons. The number of hydrogen-bond acceptors (Lipinski definition) is 5. The summed E-state index contributed by atoms with van der Waals surface area (Å²) in [5, 5.41) is 56.1. The summed E-state index contributed by atoms with van der Waals surface area (Å²) in [6.45, 7) is 0. The minimum absolute atomic E-state index is 0.00829. The molecule has 0 spiro atoms. The second-order valence-electron chi connectivity index (χ2n) is 6.90. The van der Waals surface area contributed by atoms with Gasteiger partial charge in [-0.2, -0.15) is 26.3 Å². The van der Waals surface area contributed by atoms with Crippen molar-refractivity contribution in [2.75, 3.05) is 0 Å². The summed E-state index contributed by atoms with van der Waals surface area (Å²) in [5.74, 6) is 1.88. The van der Waals surface area contributed by atoms with E-state index in [9.17, 15) is 0 Å². The van der Waals surface area contributed by atoms with Crippen molar-refractivity contribution >= 4 is 22.6 Å². The quantitative estimate of drug-likeness (QED) is 0.353. The van der Waals surface area contributed by atoms with Crippen LogP contribution in [0, 0.1) is 62.6 Å². The Morgan fingerprint density at radius 3 is 1.50 bits per heavy atom. The first-order chi connectivity index (χ1) is 16.6.